The van der Waals surface area contributed by atoms with E-state index in [1.54, 1.807) is 0 Å². The number of hydrogen-bond acceptors (Lipinski definition) is 3. The zero-order valence-corrected chi connectivity index (χ0v) is 42.8. The Morgan fingerprint density at radius 3 is 1.79 bits per heavy atom. The van der Waals surface area contributed by atoms with Gasteiger partial charge in [0.25, 0.3) is 0 Å². The van der Waals surface area contributed by atoms with Gasteiger partial charge in [0.15, 0.2) is 0 Å². The van der Waals surface area contributed by atoms with Crippen LogP contribution in [0.15, 0.2) is 156 Å². The second-order valence-corrected chi connectivity index (χ2v) is 23.6. The second kappa shape index (κ2) is 15.9. The second-order valence-electron chi connectivity index (χ2n) is 23.6. The van der Waals surface area contributed by atoms with Gasteiger partial charge in [0.05, 0.1) is 11.3 Å². The molecule has 2 aliphatic carbocycles. The number of benzene rings is 8. The Bertz CT molecular complexity index is 3570. The van der Waals surface area contributed by atoms with Crippen molar-refractivity contribution >= 4 is 68.6 Å². The lowest BCUT2D eigenvalue weighted by Gasteiger charge is -2.43. The summed E-state index contributed by atoms with van der Waals surface area (Å²) < 4.78 is 7.38. The molecule has 1 N–H and O–H groups in total. The van der Waals surface area contributed by atoms with E-state index in [1.165, 1.54) is 112 Å². The molecule has 3 aliphatic rings. The van der Waals surface area contributed by atoms with E-state index >= 15 is 0 Å². The van der Waals surface area contributed by atoms with Crippen LogP contribution >= 0.6 is 0 Å². The SMILES string of the molecule is Cc1ccccc1-c1cc(-c2c(Nc3ccc(-c4ccccc4)cc3)ccc3ccccc23)c2c(c1)N(c1cc3c(cc1C)C(C)(C)CCC3(C)C)c1c(oc3cc4c(cc13)C(C)(C)CCC4(C)C)B2. The van der Waals surface area contributed by atoms with E-state index in [1.807, 2.05) is 0 Å². The van der Waals surface area contributed by atoms with Crippen molar-refractivity contribution in [2.75, 3.05) is 10.2 Å². The van der Waals surface area contributed by atoms with Crippen molar-refractivity contribution < 1.29 is 4.42 Å². The van der Waals surface area contributed by atoms with Crippen LogP contribution in [0.25, 0.3) is 55.1 Å². The smallest absolute Gasteiger partial charge is 0.244 e. The molecule has 12 rings (SSSR count). The fourth-order valence-electron chi connectivity index (χ4n) is 12.6. The van der Waals surface area contributed by atoms with Crippen LogP contribution in [-0.4, -0.2) is 7.28 Å². The van der Waals surface area contributed by atoms with E-state index < -0.39 is 0 Å². The topological polar surface area (TPSA) is 28.4 Å². The third kappa shape index (κ3) is 7.15. The number of fused-ring (bicyclic) bond motifs is 7. The zero-order valence-electron chi connectivity index (χ0n) is 42.8. The quantitative estimate of drug-likeness (QED) is 0.169. The van der Waals surface area contributed by atoms with Crippen LogP contribution in [0.3, 0.4) is 0 Å². The summed E-state index contributed by atoms with van der Waals surface area (Å²) in [6.07, 6.45) is 4.63. The summed E-state index contributed by atoms with van der Waals surface area (Å²) in [6.45, 7) is 24.1. The summed E-state index contributed by atoms with van der Waals surface area (Å²) in [4.78, 5) is 2.65. The molecule has 0 amide bonds. The van der Waals surface area contributed by atoms with Gasteiger partial charge in [0.2, 0.25) is 7.28 Å². The van der Waals surface area contributed by atoms with Gasteiger partial charge in [-0.15, -0.1) is 0 Å². The van der Waals surface area contributed by atoms with Crippen LogP contribution in [-0.2, 0) is 21.7 Å². The van der Waals surface area contributed by atoms with E-state index in [4.69, 9.17) is 4.42 Å². The maximum atomic E-state index is 7.38. The fraction of sp³-hybridized carbons (Fsp3) is 0.273. The first-order chi connectivity index (χ1) is 33.5. The zero-order chi connectivity index (χ0) is 48.5. The molecule has 8 aromatic carbocycles. The average Bonchev–Trinajstić information content (AvgIpc) is 3.71. The predicted octanol–water partition coefficient (Wildman–Crippen LogP) is 16.8. The van der Waals surface area contributed by atoms with Gasteiger partial charge < -0.3 is 14.6 Å². The van der Waals surface area contributed by atoms with E-state index in [0.717, 1.165) is 41.9 Å². The number of nitrogens with zero attached hydrogens (tertiary/aromatic N) is 1. The first-order valence-electron chi connectivity index (χ1n) is 25.7. The molecule has 0 bridgehead atoms. The Morgan fingerprint density at radius 2 is 1.09 bits per heavy atom. The van der Waals surface area contributed by atoms with Gasteiger partial charge in [0, 0.05) is 33.7 Å². The van der Waals surface area contributed by atoms with Gasteiger partial charge in [-0.25, -0.2) is 0 Å². The summed E-state index contributed by atoms with van der Waals surface area (Å²) in [5.74, 6) is 0. The highest BCUT2D eigenvalue weighted by Gasteiger charge is 2.42. The molecule has 1 aliphatic heterocycles. The lowest BCUT2D eigenvalue weighted by Crippen LogP contribution is -2.40. The Hall–Kier alpha value is -6.78. The fourth-order valence-corrected chi connectivity index (χ4v) is 12.6. The number of hydrogen-bond donors (Lipinski definition) is 1. The van der Waals surface area contributed by atoms with Crippen LogP contribution < -0.4 is 21.3 Å². The molecular weight excluding hydrogens is 848 g/mol. The highest BCUT2D eigenvalue weighted by molar-refractivity contribution is 6.73. The van der Waals surface area contributed by atoms with Crippen LogP contribution in [0.2, 0.25) is 0 Å². The summed E-state index contributed by atoms with van der Waals surface area (Å²) in [5.41, 5.74) is 24.8. The summed E-state index contributed by atoms with van der Waals surface area (Å²) in [5, 5.41) is 7.60. The van der Waals surface area contributed by atoms with Crippen LogP contribution in [0.5, 0.6) is 0 Å². The number of anilines is 5. The minimum Gasteiger partial charge on any atom is -0.469 e. The number of furan rings is 1. The Balaban J connectivity index is 1.16. The number of nitrogens with one attached hydrogen (secondary N) is 1. The molecule has 2 heterocycles. The Labute approximate surface area is 416 Å². The van der Waals surface area contributed by atoms with Crippen molar-refractivity contribution in [3.63, 3.8) is 0 Å². The lowest BCUT2D eigenvalue weighted by atomic mass is 9.60. The van der Waals surface area contributed by atoms with E-state index in [0.29, 0.717) is 7.28 Å². The Kier molecular flexibility index (Phi) is 10.1. The molecule has 0 spiro atoms. The van der Waals surface area contributed by atoms with E-state index in [9.17, 15) is 0 Å². The van der Waals surface area contributed by atoms with E-state index in [-0.39, 0.29) is 21.7 Å². The van der Waals surface area contributed by atoms with Crippen molar-refractivity contribution in [1.29, 1.82) is 0 Å². The monoisotopic (exact) mass is 913 g/mol. The van der Waals surface area contributed by atoms with Gasteiger partial charge in [-0.05, 0) is 187 Å². The largest absolute Gasteiger partial charge is 0.469 e. The van der Waals surface area contributed by atoms with Crippen LogP contribution in [0.4, 0.5) is 28.4 Å². The van der Waals surface area contributed by atoms with Crippen LogP contribution in [0.1, 0.15) is 114 Å². The molecule has 0 radical (unpaired) electrons. The number of rotatable bonds is 6. The van der Waals surface area contributed by atoms with Crippen molar-refractivity contribution in [2.24, 2.45) is 0 Å². The predicted molar refractivity (Wildman–Crippen MR) is 301 cm³/mol. The lowest BCUT2D eigenvalue weighted by molar-refractivity contribution is 0.332. The van der Waals surface area contributed by atoms with Crippen molar-refractivity contribution in [1.82, 2.24) is 0 Å². The van der Waals surface area contributed by atoms with Gasteiger partial charge in [-0.1, -0.05) is 159 Å². The Morgan fingerprint density at radius 1 is 0.486 bits per heavy atom. The first kappa shape index (κ1) is 44.4. The van der Waals surface area contributed by atoms with Crippen molar-refractivity contribution in [3.8, 4) is 33.4 Å². The highest BCUT2D eigenvalue weighted by Crippen LogP contribution is 2.54. The van der Waals surface area contributed by atoms with Gasteiger partial charge >= 0.3 is 0 Å². The van der Waals surface area contributed by atoms with Gasteiger partial charge in [-0.3, -0.25) is 0 Å². The maximum Gasteiger partial charge on any atom is 0.244 e. The minimum atomic E-state index is 0.0267. The van der Waals surface area contributed by atoms with Gasteiger partial charge in [0.1, 0.15) is 5.58 Å². The summed E-state index contributed by atoms with van der Waals surface area (Å²) in [7, 11) is 0.660. The third-order valence-corrected chi connectivity index (χ3v) is 17.1. The molecule has 70 heavy (non-hydrogen) atoms. The molecule has 0 unspecified atom stereocenters. The molecule has 0 atom stereocenters. The first-order valence-corrected chi connectivity index (χ1v) is 25.7. The molecule has 348 valence electrons. The third-order valence-electron chi connectivity index (χ3n) is 17.1. The molecule has 0 saturated carbocycles. The average molecular weight is 913 g/mol. The minimum absolute atomic E-state index is 0.0267. The van der Waals surface area contributed by atoms with Crippen molar-refractivity contribution in [2.45, 2.75) is 117 Å². The number of aryl methyl sites for hydroxylation is 2. The molecular formula is C66H65BN2O. The summed E-state index contributed by atoms with van der Waals surface area (Å²) in [6, 6.07) is 56.9. The summed E-state index contributed by atoms with van der Waals surface area (Å²) >= 11 is 0. The standard InChI is InChI=1S/C66H65BN2O/c1-40-18-14-16-22-47(40)45-35-50(59-48-23-17-15-21-44(48)26-29-55(59)68-46-27-24-43(25-28-46)42-19-12-11-13-20-42)60-57(36-45)69(56-38-53-51(34-41(56)2)63(3,4)30-32-65(53,7)8)61-49-37-52-54(39-58(49)70-62(61)67-60)66(9,10)33-31-64(52,5)6/h11-29,34-39,67-68H,30-33H2,1-10H3. The maximum absolute atomic E-state index is 7.38. The molecule has 0 saturated heterocycles. The van der Waals surface area contributed by atoms with Crippen molar-refractivity contribution in [3.05, 3.63) is 185 Å². The molecule has 9 aromatic rings. The molecule has 1 aromatic heterocycles. The van der Waals surface area contributed by atoms with E-state index in [2.05, 4.69) is 231 Å². The van der Waals surface area contributed by atoms with Gasteiger partial charge in [-0.2, -0.15) is 0 Å². The normalized spacial score (nSPS) is 17.0. The highest BCUT2D eigenvalue weighted by atomic mass is 16.3. The van der Waals surface area contributed by atoms with Crippen LogP contribution in [0, 0.1) is 13.8 Å². The molecule has 3 nitrogen and oxygen atoms in total. The molecule has 0 fully saturated rings. The molecule has 4 heteroatoms.